The van der Waals surface area contributed by atoms with Gasteiger partial charge in [-0.15, -0.1) is 0 Å². The van der Waals surface area contributed by atoms with Gasteiger partial charge < -0.3 is 20.4 Å². The van der Waals surface area contributed by atoms with Crippen LogP contribution in [0.1, 0.15) is 11.1 Å². The molecule has 0 unspecified atom stereocenters. The molecule has 0 saturated heterocycles. The fourth-order valence-electron chi connectivity index (χ4n) is 3.35. The van der Waals surface area contributed by atoms with Crippen molar-refractivity contribution in [3.8, 4) is 11.1 Å². The average molecular weight is 468 g/mol. The normalized spacial score (nSPS) is 11.3. The van der Waals surface area contributed by atoms with Crippen molar-refractivity contribution in [3.63, 3.8) is 0 Å². The summed E-state index contributed by atoms with van der Waals surface area (Å²) >= 11 is 0. The van der Waals surface area contributed by atoms with Crippen molar-refractivity contribution in [1.82, 2.24) is 9.97 Å². The van der Waals surface area contributed by atoms with Crippen molar-refractivity contribution < 1.29 is 27.5 Å². The molecule has 7 nitrogen and oxygen atoms in total. The molecule has 0 aliphatic heterocycles. The highest BCUT2D eigenvalue weighted by molar-refractivity contribution is 6.05. The summed E-state index contributed by atoms with van der Waals surface area (Å²) < 4.78 is 42.8. The van der Waals surface area contributed by atoms with E-state index in [1.54, 1.807) is 12.4 Å². The Labute approximate surface area is 192 Å². The third kappa shape index (κ3) is 5.17. The molecule has 2 aromatic heterocycles. The highest BCUT2D eigenvalue weighted by Crippen LogP contribution is 2.30. The van der Waals surface area contributed by atoms with Crippen molar-refractivity contribution in [3.05, 3.63) is 78.1 Å². The lowest BCUT2D eigenvalue weighted by Crippen LogP contribution is -2.19. The molecule has 10 heteroatoms. The van der Waals surface area contributed by atoms with Gasteiger partial charge >= 0.3 is 18.2 Å². The van der Waals surface area contributed by atoms with Gasteiger partial charge in [-0.3, -0.25) is 4.79 Å². The van der Waals surface area contributed by atoms with E-state index >= 15 is 0 Å². The van der Waals surface area contributed by atoms with Gasteiger partial charge in [0.15, 0.2) is 0 Å². The quantitative estimate of drug-likeness (QED) is 0.332. The molecular formula is C24H19F3N4O3. The molecule has 4 rings (SSSR count). The molecule has 0 aliphatic carbocycles. The van der Waals surface area contributed by atoms with E-state index in [1.807, 2.05) is 30.3 Å². The van der Waals surface area contributed by atoms with Crippen LogP contribution in [0.3, 0.4) is 0 Å². The van der Waals surface area contributed by atoms with Crippen LogP contribution < -0.4 is 10.6 Å². The van der Waals surface area contributed by atoms with Crippen LogP contribution >= 0.6 is 0 Å². The van der Waals surface area contributed by atoms with Gasteiger partial charge in [-0.1, -0.05) is 24.3 Å². The highest BCUT2D eigenvalue weighted by Gasteiger charge is 2.30. The molecule has 0 radical (unpaired) electrons. The Balaban J connectivity index is 1.49. The summed E-state index contributed by atoms with van der Waals surface area (Å²) in [5.74, 6) is -0.326. The number of anilines is 2. The molecule has 2 heterocycles. The third-order valence-electron chi connectivity index (χ3n) is 5.11. The predicted octanol–water partition coefficient (Wildman–Crippen LogP) is 5.61. The lowest BCUT2D eigenvalue weighted by molar-refractivity contribution is -0.140. The zero-order valence-corrected chi connectivity index (χ0v) is 17.9. The zero-order valence-electron chi connectivity index (χ0n) is 17.9. The SMILES string of the molecule is COC(=O)Cc1ccc(-c2cnc3[nH]cc(NC(=O)Nc4ccc(C(F)(F)F)cc4)c3c2)cc1. The number of H-pyrrole nitrogens is 1. The van der Waals surface area contributed by atoms with Gasteiger partial charge in [0.2, 0.25) is 0 Å². The Morgan fingerprint density at radius 3 is 2.35 bits per heavy atom. The number of carbonyl (C=O) groups is 2. The Morgan fingerprint density at radius 1 is 1.00 bits per heavy atom. The van der Waals surface area contributed by atoms with Gasteiger partial charge in [-0.25, -0.2) is 9.78 Å². The number of urea groups is 1. The van der Waals surface area contributed by atoms with Crippen LogP contribution in [0, 0.1) is 0 Å². The van der Waals surface area contributed by atoms with Crippen LogP contribution in [0.2, 0.25) is 0 Å². The van der Waals surface area contributed by atoms with E-state index in [4.69, 9.17) is 0 Å². The minimum atomic E-state index is -4.45. The second-order valence-electron chi connectivity index (χ2n) is 7.43. The minimum Gasteiger partial charge on any atom is -0.469 e. The van der Waals surface area contributed by atoms with Crippen LogP contribution in [0.5, 0.6) is 0 Å². The summed E-state index contributed by atoms with van der Waals surface area (Å²) in [4.78, 5) is 31.2. The molecule has 2 amide bonds. The number of nitrogens with zero attached hydrogens (tertiary/aromatic N) is 1. The summed E-state index contributed by atoms with van der Waals surface area (Å²) in [6.07, 6.45) is -1.02. The first kappa shape index (κ1) is 22.8. The predicted molar refractivity (Wildman–Crippen MR) is 121 cm³/mol. The number of hydrogen-bond acceptors (Lipinski definition) is 4. The van der Waals surface area contributed by atoms with Crippen molar-refractivity contribution in [2.45, 2.75) is 12.6 Å². The largest absolute Gasteiger partial charge is 0.469 e. The Bertz CT molecular complexity index is 1330. The fourth-order valence-corrected chi connectivity index (χ4v) is 3.35. The van der Waals surface area contributed by atoms with Gasteiger partial charge in [0.25, 0.3) is 0 Å². The maximum atomic E-state index is 12.7. The number of ether oxygens (including phenoxy) is 1. The van der Waals surface area contributed by atoms with Crippen molar-refractivity contribution in [2.75, 3.05) is 17.7 Å². The molecule has 34 heavy (non-hydrogen) atoms. The van der Waals surface area contributed by atoms with E-state index in [0.29, 0.717) is 16.7 Å². The summed E-state index contributed by atoms with van der Waals surface area (Å²) in [5, 5.41) is 5.84. The summed E-state index contributed by atoms with van der Waals surface area (Å²) in [5.41, 5.74) is 2.90. The van der Waals surface area contributed by atoms with Crippen LogP contribution in [-0.2, 0) is 22.1 Å². The van der Waals surface area contributed by atoms with E-state index in [1.165, 1.54) is 19.2 Å². The number of fused-ring (bicyclic) bond motifs is 1. The molecule has 0 bridgehead atoms. The number of aromatic amines is 1. The smallest absolute Gasteiger partial charge is 0.416 e. The third-order valence-corrected chi connectivity index (χ3v) is 5.11. The molecule has 0 fully saturated rings. The number of carbonyl (C=O) groups excluding carboxylic acids is 2. The highest BCUT2D eigenvalue weighted by atomic mass is 19.4. The number of aromatic nitrogens is 2. The maximum absolute atomic E-state index is 12.7. The second-order valence-corrected chi connectivity index (χ2v) is 7.43. The monoisotopic (exact) mass is 468 g/mol. The average Bonchev–Trinajstić information content (AvgIpc) is 3.21. The van der Waals surface area contributed by atoms with Crippen molar-refractivity contribution >= 4 is 34.4 Å². The topological polar surface area (TPSA) is 96.1 Å². The van der Waals surface area contributed by atoms with E-state index in [2.05, 4.69) is 25.3 Å². The van der Waals surface area contributed by atoms with Gasteiger partial charge in [0.05, 0.1) is 24.8 Å². The first-order valence-electron chi connectivity index (χ1n) is 10.1. The molecule has 2 aromatic carbocycles. The molecule has 4 aromatic rings. The molecule has 0 atom stereocenters. The summed E-state index contributed by atoms with van der Waals surface area (Å²) in [7, 11) is 1.34. The van der Waals surface area contributed by atoms with Gasteiger partial charge in [-0.2, -0.15) is 13.2 Å². The number of rotatable bonds is 5. The van der Waals surface area contributed by atoms with Crippen molar-refractivity contribution in [2.24, 2.45) is 0 Å². The van der Waals surface area contributed by atoms with Crippen LogP contribution in [0.25, 0.3) is 22.2 Å². The number of alkyl halides is 3. The van der Waals surface area contributed by atoms with Gasteiger partial charge in [0, 0.05) is 29.0 Å². The minimum absolute atomic E-state index is 0.175. The second kappa shape index (κ2) is 9.26. The van der Waals surface area contributed by atoms with Crippen LogP contribution in [0.4, 0.5) is 29.3 Å². The number of methoxy groups -OCH3 is 1. The summed E-state index contributed by atoms with van der Waals surface area (Å²) in [6, 6.07) is 12.8. The fraction of sp³-hybridized carbons (Fsp3) is 0.125. The van der Waals surface area contributed by atoms with Gasteiger partial charge in [0.1, 0.15) is 5.65 Å². The molecule has 0 saturated carbocycles. The maximum Gasteiger partial charge on any atom is 0.416 e. The van der Waals surface area contributed by atoms with Crippen molar-refractivity contribution in [1.29, 1.82) is 0 Å². The molecule has 0 spiro atoms. The molecular weight excluding hydrogens is 449 g/mol. The molecule has 174 valence electrons. The lowest BCUT2D eigenvalue weighted by atomic mass is 10.0. The van der Waals surface area contributed by atoms with E-state index in [-0.39, 0.29) is 18.1 Å². The number of amides is 2. The molecule has 3 N–H and O–H groups in total. The van der Waals surface area contributed by atoms with E-state index in [9.17, 15) is 22.8 Å². The van der Waals surface area contributed by atoms with Crippen LogP contribution in [0.15, 0.2) is 67.0 Å². The number of benzene rings is 2. The number of hydrogen-bond donors (Lipinski definition) is 3. The number of pyridine rings is 1. The Hall–Kier alpha value is -4.34. The van der Waals surface area contributed by atoms with E-state index in [0.717, 1.165) is 28.8 Å². The van der Waals surface area contributed by atoms with Gasteiger partial charge in [-0.05, 0) is 41.5 Å². The summed E-state index contributed by atoms with van der Waals surface area (Å²) in [6.45, 7) is 0. The van der Waals surface area contributed by atoms with E-state index < -0.39 is 17.8 Å². The zero-order chi connectivity index (χ0) is 24.3. The number of nitrogens with one attached hydrogen (secondary N) is 3. The Morgan fingerprint density at radius 2 is 1.71 bits per heavy atom. The molecule has 0 aliphatic rings. The number of halogens is 3. The first-order valence-corrected chi connectivity index (χ1v) is 10.1. The standard InChI is InChI=1S/C24H19F3N4O3/c1-34-21(32)10-14-2-4-15(5-3-14)16-11-19-20(13-29-22(19)28-12-16)31-23(33)30-18-8-6-17(7-9-18)24(25,26)27/h2-9,11-13H,10H2,1H3,(H,28,29)(H2,30,31,33). The van der Waals surface area contributed by atoms with Crippen LogP contribution in [-0.4, -0.2) is 29.1 Å². The lowest BCUT2D eigenvalue weighted by Gasteiger charge is -2.10. The Kier molecular flexibility index (Phi) is 6.22. The number of esters is 1. The first-order chi connectivity index (χ1) is 16.2.